The Morgan fingerprint density at radius 1 is 1.35 bits per heavy atom. The average Bonchev–Trinajstić information content (AvgIpc) is 2.94. The number of nitrogens with zero attached hydrogens (tertiary/aromatic N) is 4. The topological polar surface area (TPSA) is 63.8 Å². The summed E-state index contributed by atoms with van der Waals surface area (Å²) in [5, 5.41) is 9.49. The summed E-state index contributed by atoms with van der Waals surface area (Å²) in [4.78, 5) is 12.3. The second-order valence-corrected chi connectivity index (χ2v) is 4.48. The van der Waals surface area contributed by atoms with Gasteiger partial charge in [0.15, 0.2) is 10.8 Å². The van der Waals surface area contributed by atoms with Gasteiger partial charge >= 0.3 is 0 Å². The Bertz CT molecular complexity index is 580. The van der Waals surface area contributed by atoms with Crippen molar-refractivity contribution in [2.24, 2.45) is 5.92 Å². The largest absolute Gasteiger partial charge is 0.396 e. The molecular weight excluding hydrogens is 240 g/mol. The maximum atomic E-state index is 9.12. The number of aliphatic hydroxyl groups excluding tert-OH is 1. The number of fused-ring (bicyclic) bond motifs is 1. The summed E-state index contributed by atoms with van der Waals surface area (Å²) in [6, 6.07) is 0.183. The van der Waals surface area contributed by atoms with Crippen molar-refractivity contribution in [3.63, 3.8) is 0 Å². The number of aromatic nitrogens is 4. The van der Waals surface area contributed by atoms with Crippen molar-refractivity contribution in [1.29, 1.82) is 0 Å². The number of rotatable bonds is 2. The Morgan fingerprint density at radius 2 is 2.24 bits per heavy atom. The van der Waals surface area contributed by atoms with Crippen molar-refractivity contribution in [3.05, 3.63) is 30.0 Å². The highest BCUT2D eigenvalue weighted by Crippen LogP contribution is 2.30. The highest BCUT2D eigenvalue weighted by molar-refractivity contribution is 6.33. The molecule has 2 aromatic rings. The summed E-state index contributed by atoms with van der Waals surface area (Å²) in [6.45, 7) is 0.176. The van der Waals surface area contributed by atoms with Crippen LogP contribution in [0, 0.1) is 5.92 Å². The smallest absolute Gasteiger partial charge is 0.165 e. The van der Waals surface area contributed by atoms with E-state index in [2.05, 4.69) is 21.0 Å². The van der Waals surface area contributed by atoms with Gasteiger partial charge in [-0.25, -0.2) is 15.0 Å². The molecule has 1 aliphatic carbocycles. The van der Waals surface area contributed by atoms with Crippen LogP contribution >= 0.6 is 11.6 Å². The lowest BCUT2D eigenvalue weighted by Gasteiger charge is -2.12. The standard InChI is InChI=1S/C11H11ClN4O/c12-10-9-11(14-5-13-10)16(6-15-9)8-2-1-7(3-8)4-17/h1-2,5-8,17H,3-4H2. The molecule has 88 valence electrons. The van der Waals surface area contributed by atoms with E-state index in [4.69, 9.17) is 16.7 Å². The van der Waals surface area contributed by atoms with E-state index in [9.17, 15) is 0 Å². The van der Waals surface area contributed by atoms with Crippen LogP contribution in [0.15, 0.2) is 24.8 Å². The average molecular weight is 251 g/mol. The molecule has 0 aliphatic heterocycles. The zero-order chi connectivity index (χ0) is 11.8. The molecule has 0 fully saturated rings. The van der Waals surface area contributed by atoms with Crippen LogP contribution in [0.2, 0.25) is 5.15 Å². The minimum Gasteiger partial charge on any atom is -0.396 e. The zero-order valence-corrected chi connectivity index (χ0v) is 9.75. The van der Waals surface area contributed by atoms with Gasteiger partial charge in [-0.2, -0.15) is 0 Å². The minimum atomic E-state index is 0.176. The first-order valence-electron chi connectivity index (χ1n) is 5.42. The van der Waals surface area contributed by atoms with Gasteiger partial charge in [0, 0.05) is 12.5 Å². The Kier molecular flexibility index (Phi) is 2.57. The Labute approximate surface area is 103 Å². The molecule has 0 aromatic carbocycles. The summed E-state index contributed by atoms with van der Waals surface area (Å²) in [5.74, 6) is 0.217. The molecule has 5 nitrogen and oxygen atoms in total. The fourth-order valence-corrected chi connectivity index (χ4v) is 2.34. The maximum Gasteiger partial charge on any atom is 0.165 e. The monoisotopic (exact) mass is 250 g/mol. The third kappa shape index (κ3) is 1.71. The van der Waals surface area contributed by atoms with Crippen LogP contribution < -0.4 is 0 Å². The van der Waals surface area contributed by atoms with Crippen molar-refractivity contribution in [1.82, 2.24) is 19.5 Å². The van der Waals surface area contributed by atoms with Crippen molar-refractivity contribution in [2.75, 3.05) is 6.61 Å². The molecule has 1 aliphatic rings. The first-order chi connectivity index (χ1) is 8.29. The van der Waals surface area contributed by atoms with Crippen LogP contribution in [0.25, 0.3) is 11.2 Å². The van der Waals surface area contributed by atoms with E-state index in [1.165, 1.54) is 6.33 Å². The van der Waals surface area contributed by atoms with Crippen molar-refractivity contribution in [3.8, 4) is 0 Å². The number of imidazole rings is 1. The molecule has 0 saturated carbocycles. The van der Waals surface area contributed by atoms with Gasteiger partial charge in [0.2, 0.25) is 0 Å². The van der Waals surface area contributed by atoms with Gasteiger partial charge < -0.3 is 9.67 Å². The lowest BCUT2D eigenvalue weighted by Crippen LogP contribution is -2.07. The SMILES string of the molecule is OCC1C=CC(n2cnc3c(Cl)ncnc32)C1. The van der Waals surface area contributed by atoms with Gasteiger partial charge in [-0.3, -0.25) is 0 Å². The van der Waals surface area contributed by atoms with Gasteiger partial charge in [-0.05, 0) is 6.42 Å². The van der Waals surface area contributed by atoms with Crippen LogP contribution in [0.5, 0.6) is 0 Å². The van der Waals surface area contributed by atoms with Crippen molar-refractivity contribution in [2.45, 2.75) is 12.5 Å². The molecule has 1 N–H and O–H groups in total. The van der Waals surface area contributed by atoms with Gasteiger partial charge in [0.1, 0.15) is 11.8 Å². The Balaban J connectivity index is 2.02. The van der Waals surface area contributed by atoms with Gasteiger partial charge in [0.05, 0.1) is 12.4 Å². The van der Waals surface area contributed by atoms with E-state index in [1.807, 2.05) is 10.6 Å². The summed E-state index contributed by atoms with van der Waals surface area (Å²) >= 11 is 5.95. The highest BCUT2D eigenvalue weighted by Gasteiger charge is 2.22. The molecule has 0 radical (unpaired) electrons. The summed E-state index contributed by atoms with van der Waals surface area (Å²) in [7, 11) is 0. The highest BCUT2D eigenvalue weighted by atomic mass is 35.5. The van der Waals surface area contributed by atoms with E-state index in [0.29, 0.717) is 10.7 Å². The first kappa shape index (κ1) is 10.7. The van der Waals surface area contributed by atoms with Crippen molar-refractivity contribution < 1.29 is 5.11 Å². The van der Waals surface area contributed by atoms with Crippen LogP contribution in [0.1, 0.15) is 12.5 Å². The van der Waals surface area contributed by atoms with Crippen molar-refractivity contribution >= 4 is 22.8 Å². The Morgan fingerprint density at radius 3 is 3.00 bits per heavy atom. The molecule has 0 bridgehead atoms. The molecule has 3 rings (SSSR count). The molecular formula is C11H11ClN4O. The molecule has 2 atom stereocenters. The van der Waals surface area contributed by atoms with E-state index in [1.54, 1.807) is 6.33 Å². The summed E-state index contributed by atoms with van der Waals surface area (Å²) in [6.07, 6.45) is 8.12. The molecule has 17 heavy (non-hydrogen) atoms. The number of halogens is 1. The summed E-state index contributed by atoms with van der Waals surface area (Å²) in [5.41, 5.74) is 1.35. The normalized spacial score (nSPS) is 23.6. The fourth-order valence-electron chi connectivity index (χ4n) is 2.16. The number of hydrogen-bond acceptors (Lipinski definition) is 4. The van der Waals surface area contributed by atoms with E-state index < -0.39 is 0 Å². The fraction of sp³-hybridized carbons (Fsp3) is 0.364. The van der Waals surface area contributed by atoms with E-state index in [-0.39, 0.29) is 18.6 Å². The minimum absolute atomic E-state index is 0.176. The molecule has 2 unspecified atom stereocenters. The molecule has 2 heterocycles. The van der Waals surface area contributed by atoms with Crippen LogP contribution in [0.3, 0.4) is 0 Å². The van der Waals surface area contributed by atoms with Crippen LogP contribution in [-0.4, -0.2) is 31.2 Å². The molecule has 6 heteroatoms. The first-order valence-corrected chi connectivity index (χ1v) is 5.79. The van der Waals surface area contributed by atoms with Crippen LogP contribution in [0.4, 0.5) is 0 Å². The zero-order valence-electron chi connectivity index (χ0n) is 8.99. The predicted molar refractivity (Wildman–Crippen MR) is 63.7 cm³/mol. The van der Waals surface area contributed by atoms with Gasteiger partial charge in [-0.15, -0.1) is 0 Å². The molecule has 0 spiro atoms. The quantitative estimate of drug-likeness (QED) is 0.649. The molecule has 0 amide bonds. The number of allylic oxidation sites excluding steroid dienone is 1. The van der Waals surface area contributed by atoms with Gasteiger partial charge in [-0.1, -0.05) is 23.8 Å². The molecule has 0 saturated heterocycles. The van der Waals surface area contributed by atoms with E-state index in [0.717, 1.165) is 12.1 Å². The second kappa shape index (κ2) is 4.09. The number of hydrogen-bond donors (Lipinski definition) is 1. The van der Waals surface area contributed by atoms with Gasteiger partial charge in [0.25, 0.3) is 0 Å². The van der Waals surface area contributed by atoms with Crippen LogP contribution in [-0.2, 0) is 0 Å². The third-order valence-corrected chi connectivity index (χ3v) is 3.33. The predicted octanol–water partition coefficient (Wildman–Crippen LogP) is 1.59. The summed E-state index contributed by atoms with van der Waals surface area (Å²) < 4.78 is 1.97. The van der Waals surface area contributed by atoms with E-state index >= 15 is 0 Å². The lowest BCUT2D eigenvalue weighted by atomic mass is 10.1. The number of aliphatic hydroxyl groups is 1. The maximum absolute atomic E-state index is 9.12. The lowest BCUT2D eigenvalue weighted by molar-refractivity contribution is 0.244. The third-order valence-electron chi connectivity index (χ3n) is 3.06. The Hall–Kier alpha value is -1.46. The second-order valence-electron chi connectivity index (χ2n) is 4.12. The molecule has 2 aromatic heterocycles.